The van der Waals surface area contributed by atoms with E-state index in [1.165, 1.54) is 4.90 Å². The summed E-state index contributed by atoms with van der Waals surface area (Å²) in [6.07, 6.45) is 0.128. The molecule has 1 aliphatic rings. The second kappa shape index (κ2) is 10.5. The van der Waals surface area contributed by atoms with Crippen molar-refractivity contribution in [3.63, 3.8) is 0 Å². The summed E-state index contributed by atoms with van der Waals surface area (Å²) in [5, 5.41) is 13.1. The highest BCUT2D eigenvalue weighted by Crippen LogP contribution is 2.30. The summed E-state index contributed by atoms with van der Waals surface area (Å²) in [5.41, 5.74) is 1.88. The van der Waals surface area contributed by atoms with Gasteiger partial charge in [-0.05, 0) is 44.9 Å². The topological polar surface area (TPSA) is 124 Å². The van der Waals surface area contributed by atoms with E-state index >= 15 is 0 Å². The molecular weight excluding hydrogens is 440 g/mol. The van der Waals surface area contributed by atoms with Gasteiger partial charge in [-0.2, -0.15) is 0 Å². The lowest BCUT2D eigenvalue weighted by molar-refractivity contribution is 0.00501. The molecule has 10 nitrogen and oxygen atoms in total. The third-order valence-corrected chi connectivity index (χ3v) is 5.39. The minimum atomic E-state index is -1.05. The number of piperazine rings is 1. The number of aromatic nitrogens is 1. The van der Waals surface area contributed by atoms with Crippen molar-refractivity contribution >= 4 is 23.8 Å². The monoisotopic (exact) mass is 472 g/mol. The van der Waals surface area contributed by atoms with E-state index in [4.69, 9.17) is 9.47 Å². The molecule has 0 spiro atoms. The van der Waals surface area contributed by atoms with Gasteiger partial charge in [0.25, 0.3) is 0 Å². The van der Waals surface area contributed by atoms with Gasteiger partial charge in [0.2, 0.25) is 0 Å². The molecule has 2 amide bonds. The van der Waals surface area contributed by atoms with E-state index in [2.05, 4.69) is 10.3 Å². The van der Waals surface area contributed by atoms with Crippen molar-refractivity contribution in [2.75, 3.05) is 31.6 Å². The van der Waals surface area contributed by atoms with Gasteiger partial charge in [-0.25, -0.2) is 14.4 Å². The quantitative estimate of drug-likeness (QED) is 0.541. The van der Waals surface area contributed by atoms with Crippen LogP contribution in [-0.2, 0) is 16.0 Å². The molecule has 1 fully saturated rings. The molecule has 1 aromatic carbocycles. The minimum absolute atomic E-state index is 0.172. The molecule has 10 heteroatoms. The molecule has 184 valence electrons. The van der Waals surface area contributed by atoms with E-state index in [1.54, 1.807) is 44.9 Å². The van der Waals surface area contributed by atoms with Crippen molar-refractivity contribution in [2.24, 2.45) is 0 Å². The van der Waals surface area contributed by atoms with Gasteiger partial charge in [-0.1, -0.05) is 24.3 Å². The molecule has 0 saturated carbocycles. The standard InChI is InChI=1S/C24H32N4O6/c1-5-33-21(29)20-18(10-11-25-20)26-14-16-8-6-7-9-17(16)19-15-27(12-13-28(19)22(30)31)23(32)34-24(2,3)4/h6-11,19,25-26H,5,12-15H2,1-4H3,(H,30,31). The lowest BCUT2D eigenvalue weighted by Crippen LogP contribution is -2.53. The maximum absolute atomic E-state index is 12.7. The Kier molecular flexibility index (Phi) is 7.70. The molecule has 1 saturated heterocycles. The van der Waals surface area contributed by atoms with E-state index < -0.39 is 29.8 Å². The van der Waals surface area contributed by atoms with E-state index in [0.29, 0.717) is 17.9 Å². The average Bonchev–Trinajstić information content (AvgIpc) is 3.25. The lowest BCUT2D eigenvalue weighted by Gasteiger charge is -2.41. The number of H-pyrrole nitrogens is 1. The van der Waals surface area contributed by atoms with E-state index in [0.717, 1.165) is 11.1 Å². The van der Waals surface area contributed by atoms with Crippen LogP contribution in [0, 0.1) is 0 Å². The highest BCUT2D eigenvalue weighted by atomic mass is 16.6. The molecule has 1 unspecified atom stereocenters. The number of carbonyl (C=O) groups is 3. The van der Waals surface area contributed by atoms with E-state index in [9.17, 15) is 19.5 Å². The third-order valence-electron chi connectivity index (χ3n) is 5.39. The number of aromatic amines is 1. The third kappa shape index (κ3) is 6.00. The second-order valence-electron chi connectivity index (χ2n) is 8.96. The first-order valence-electron chi connectivity index (χ1n) is 11.2. The van der Waals surface area contributed by atoms with Gasteiger partial charge in [0.1, 0.15) is 11.3 Å². The molecule has 1 atom stereocenters. The first-order chi connectivity index (χ1) is 16.1. The van der Waals surface area contributed by atoms with Gasteiger partial charge in [0.15, 0.2) is 0 Å². The number of benzene rings is 1. The minimum Gasteiger partial charge on any atom is -0.465 e. The summed E-state index contributed by atoms with van der Waals surface area (Å²) in [6.45, 7) is 8.33. The Hall–Kier alpha value is -3.69. The zero-order valence-corrected chi connectivity index (χ0v) is 20.0. The van der Waals surface area contributed by atoms with Gasteiger partial charge < -0.3 is 29.8 Å². The van der Waals surface area contributed by atoms with E-state index in [1.807, 2.05) is 24.3 Å². The summed E-state index contributed by atoms with van der Waals surface area (Å²) in [5.74, 6) is -0.458. The number of amides is 2. The van der Waals surface area contributed by atoms with E-state index in [-0.39, 0.29) is 26.2 Å². The Morgan fingerprint density at radius 1 is 1.18 bits per heavy atom. The molecule has 3 rings (SSSR count). The predicted molar refractivity (Wildman–Crippen MR) is 126 cm³/mol. The van der Waals surface area contributed by atoms with Crippen molar-refractivity contribution < 1.29 is 29.0 Å². The molecule has 2 aromatic rings. The maximum atomic E-state index is 12.7. The van der Waals surface area contributed by atoms with Gasteiger partial charge in [-0.3, -0.25) is 4.90 Å². The highest BCUT2D eigenvalue weighted by Gasteiger charge is 2.36. The first-order valence-corrected chi connectivity index (χ1v) is 11.2. The molecule has 0 bridgehead atoms. The Morgan fingerprint density at radius 2 is 1.91 bits per heavy atom. The predicted octanol–water partition coefficient (Wildman–Crippen LogP) is 4.08. The summed E-state index contributed by atoms with van der Waals surface area (Å²) in [7, 11) is 0. The largest absolute Gasteiger partial charge is 0.465 e. The number of nitrogens with one attached hydrogen (secondary N) is 2. The number of anilines is 1. The number of hydrogen-bond acceptors (Lipinski definition) is 6. The molecule has 0 aliphatic carbocycles. The van der Waals surface area contributed by atoms with Crippen LogP contribution in [0.3, 0.4) is 0 Å². The average molecular weight is 473 g/mol. The van der Waals surface area contributed by atoms with Crippen molar-refractivity contribution in [3.05, 3.63) is 53.3 Å². The van der Waals surface area contributed by atoms with Crippen LogP contribution in [0.15, 0.2) is 36.5 Å². The number of carbonyl (C=O) groups excluding carboxylic acids is 2. The maximum Gasteiger partial charge on any atom is 0.410 e. The molecule has 34 heavy (non-hydrogen) atoms. The van der Waals surface area contributed by atoms with Crippen LogP contribution in [0.5, 0.6) is 0 Å². The first kappa shape index (κ1) is 24.9. The number of esters is 1. The highest BCUT2D eigenvalue weighted by molar-refractivity contribution is 5.93. The van der Waals surface area contributed by atoms with Gasteiger partial charge in [0.05, 0.1) is 18.3 Å². The number of nitrogens with zero attached hydrogens (tertiary/aromatic N) is 2. The van der Waals surface area contributed by atoms with Gasteiger partial charge >= 0.3 is 18.2 Å². The van der Waals surface area contributed by atoms with Gasteiger partial charge in [-0.15, -0.1) is 0 Å². The van der Waals surface area contributed by atoms with Crippen molar-refractivity contribution in [2.45, 2.75) is 45.9 Å². The van der Waals surface area contributed by atoms with Gasteiger partial charge in [0, 0.05) is 32.4 Å². The smallest absolute Gasteiger partial charge is 0.410 e. The molecule has 1 aliphatic heterocycles. The van der Waals surface area contributed by atoms with Crippen LogP contribution < -0.4 is 5.32 Å². The summed E-state index contributed by atoms with van der Waals surface area (Å²) >= 11 is 0. The number of carboxylic acid groups (broad SMARTS) is 1. The second-order valence-corrected chi connectivity index (χ2v) is 8.96. The summed E-state index contributed by atoms with van der Waals surface area (Å²) < 4.78 is 10.6. The Bertz CT molecular complexity index is 1030. The molecule has 1 aromatic heterocycles. The fourth-order valence-corrected chi connectivity index (χ4v) is 3.87. The van der Waals surface area contributed by atoms with Crippen LogP contribution in [0.1, 0.15) is 55.4 Å². The summed E-state index contributed by atoms with van der Waals surface area (Å²) in [4.78, 5) is 42.6. The number of rotatable bonds is 6. The SMILES string of the molecule is CCOC(=O)c1[nH]ccc1NCc1ccccc1C1CN(C(=O)OC(C)(C)C)CCN1C(=O)O. The van der Waals surface area contributed by atoms with Crippen molar-refractivity contribution in [1.29, 1.82) is 0 Å². The van der Waals surface area contributed by atoms with Crippen molar-refractivity contribution in [3.8, 4) is 0 Å². The van der Waals surface area contributed by atoms with Crippen LogP contribution in [0.25, 0.3) is 0 Å². The van der Waals surface area contributed by atoms with Crippen LogP contribution in [-0.4, -0.2) is 69.9 Å². The Morgan fingerprint density at radius 3 is 2.59 bits per heavy atom. The van der Waals surface area contributed by atoms with Crippen LogP contribution in [0.4, 0.5) is 15.3 Å². The Balaban J connectivity index is 1.83. The lowest BCUT2D eigenvalue weighted by atomic mass is 9.97. The van der Waals surface area contributed by atoms with Crippen LogP contribution in [0.2, 0.25) is 0 Å². The molecular formula is C24H32N4O6. The fourth-order valence-electron chi connectivity index (χ4n) is 3.87. The number of hydrogen-bond donors (Lipinski definition) is 3. The normalized spacial score (nSPS) is 16.2. The molecule has 3 N–H and O–H groups in total. The zero-order valence-electron chi connectivity index (χ0n) is 20.0. The molecule has 0 radical (unpaired) electrons. The van der Waals surface area contributed by atoms with Crippen molar-refractivity contribution in [1.82, 2.24) is 14.8 Å². The Labute approximate surface area is 198 Å². The number of ether oxygens (including phenoxy) is 2. The zero-order chi connectivity index (χ0) is 24.9. The molecule has 2 heterocycles. The fraction of sp³-hybridized carbons (Fsp3) is 0.458. The summed E-state index contributed by atoms with van der Waals surface area (Å²) in [6, 6.07) is 8.64. The van der Waals surface area contributed by atoms with Crippen LogP contribution >= 0.6 is 0 Å².